The number of morpholine rings is 1. The molecule has 2 N–H and O–H groups in total. The van der Waals surface area contributed by atoms with Gasteiger partial charge in [-0.05, 0) is 66.1 Å². The van der Waals surface area contributed by atoms with Crippen molar-refractivity contribution in [3.8, 4) is 11.1 Å². The van der Waals surface area contributed by atoms with E-state index in [0.717, 1.165) is 63.7 Å². The number of fused-ring (bicyclic) bond motifs is 2. The first-order chi connectivity index (χ1) is 18.0. The molecule has 0 unspecified atom stereocenters. The number of carbonyl (C=O) groups excluding carboxylic acids is 1. The van der Waals surface area contributed by atoms with Gasteiger partial charge in [-0.3, -0.25) is 9.69 Å². The van der Waals surface area contributed by atoms with E-state index in [0.29, 0.717) is 46.1 Å². The largest absolute Gasteiger partial charge is 0.465 e. The van der Waals surface area contributed by atoms with E-state index < -0.39 is 12.1 Å². The van der Waals surface area contributed by atoms with Gasteiger partial charge in [0.2, 0.25) is 5.91 Å². The first kappa shape index (κ1) is 23.9. The monoisotopic (exact) mass is 504 g/mol. The molecule has 2 saturated heterocycles. The maximum absolute atomic E-state index is 13.4. The van der Waals surface area contributed by atoms with E-state index in [-0.39, 0.29) is 11.8 Å². The van der Waals surface area contributed by atoms with E-state index >= 15 is 0 Å². The Morgan fingerprint density at radius 3 is 2.73 bits per heavy atom. The second-order valence-electron chi connectivity index (χ2n) is 10.3. The maximum Gasteiger partial charge on any atom is 0.407 e. The van der Waals surface area contributed by atoms with E-state index in [1.54, 1.807) is 0 Å². The molecule has 0 saturated carbocycles. The number of amides is 2. The zero-order valence-corrected chi connectivity index (χ0v) is 21.0. The van der Waals surface area contributed by atoms with Gasteiger partial charge in [0.25, 0.3) is 0 Å². The summed E-state index contributed by atoms with van der Waals surface area (Å²) < 4.78 is 11.2. The highest BCUT2D eigenvalue weighted by Gasteiger charge is 2.35. The van der Waals surface area contributed by atoms with Gasteiger partial charge in [0.15, 0.2) is 0 Å². The van der Waals surface area contributed by atoms with Crippen molar-refractivity contribution in [1.29, 1.82) is 0 Å². The molecule has 37 heavy (non-hydrogen) atoms. The molecular weight excluding hydrogens is 472 g/mol. The number of aromatic amines is 1. The van der Waals surface area contributed by atoms with Crippen molar-refractivity contribution in [3.05, 3.63) is 52.8 Å². The average Bonchev–Trinajstić information content (AvgIpc) is 3.32. The minimum absolute atomic E-state index is 0.00560. The number of H-pyrrole nitrogens is 1. The summed E-state index contributed by atoms with van der Waals surface area (Å²) in [5.74, 6) is 0.172. The van der Waals surface area contributed by atoms with Gasteiger partial charge in [0.1, 0.15) is 5.65 Å². The van der Waals surface area contributed by atoms with E-state index in [2.05, 4.69) is 35.1 Å². The molecule has 9 heteroatoms. The van der Waals surface area contributed by atoms with Gasteiger partial charge in [-0.15, -0.1) is 0 Å². The SMILES string of the molecule is Cc1c[nH]c2ncc(-c3cc4c(c([C@@H]5COCCN5C(=O)O)c3)CN(C(=O)C3CCOCC3)CC4)cc12. The van der Waals surface area contributed by atoms with Gasteiger partial charge in [-0.1, -0.05) is 6.07 Å². The zero-order valence-electron chi connectivity index (χ0n) is 21.0. The van der Waals surface area contributed by atoms with Crippen LogP contribution in [0.3, 0.4) is 0 Å². The molecule has 0 radical (unpaired) electrons. The van der Waals surface area contributed by atoms with Crippen molar-refractivity contribution in [2.75, 3.05) is 39.5 Å². The number of aryl methyl sites for hydroxylation is 1. The number of carboxylic acid groups (broad SMARTS) is 1. The van der Waals surface area contributed by atoms with Crippen LogP contribution in [0.25, 0.3) is 22.2 Å². The lowest BCUT2D eigenvalue weighted by molar-refractivity contribution is -0.139. The van der Waals surface area contributed by atoms with Crippen LogP contribution < -0.4 is 0 Å². The van der Waals surface area contributed by atoms with Crippen LogP contribution in [0.2, 0.25) is 0 Å². The molecule has 194 valence electrons. The summed E-state index contributed by atoms with van der Waals surface area (Å²) in [4.78, 5) is 36.8. The van der Waals surface area contributed by atoms with Crippen LogP contribution >= 0.6 is 0 Å². The summed E-state index contributed by atoms with van der Waals surface area (Å²) in [6.07, 6.45) is 5.10. The number of aromatic nitrogens is 2. The van der Waals surface area contributed by atoms with E-state index in [9.17, 15) is 14.7 Å². The lowest BCUT2D eigenvalue weighted by Gasteiger charge is -2.39. The predicted octanol–water partition coefficient (Wildman–Crippen LogP) is 3.90. The minimum Gasteiger partial charge on any atom is -0.465 e. The number of hydrogen-bond donors (Lipinski definition) is 2. The highest BCUT2D eigenvalue weighted by atomic mass is 16.5. The number of ether oxygens (including phenoxy) is 2. The quantitative estimate of drug-likeness (QED) is 0.560. The molecule has 6 rings (SSSR count). The number of rotatable bonds is 3. The van der Waals surface area contributed by atoms with E-state index in [1.165, 1.54) is 4.90 Å². The highest BCUT2D eigenvalue weighted by molar-refractivity contribution is 5.85. The number of hydrogen-bond acceptors (Lipinski definition) is 5. The fourth-order valence-electron chi connectivity index (χ4n) is 5.94. The van der Waals surface area contributed by atoms with Crippen LogP contribution in [0.4, 0.5) is 4.79 Å². The number of carbonyl (C=O) groups is 2. The number of nitrogens with one attached hydrogen (secondary N) is 1. The highest BCUT2D eigenvalue weighted by Crippen LogP contribution is 2.37. The van der Waals surface area contributed by atoms with E-state index in [1.807, 2.05) is 17.3 Å². The molecule has 5 heterocycles. The van der Waals surface area contributed by atoms with Crippen LogP contribution in [0.15, 0.2) is 30.6 Å². The second kappa shape index (κ2) is 9.79. The first-order valence-electron chi connectivity index (χ1n) is 13.0. The number of benzene rings is 1. The van der Waals surface area contributed by atoms with Crippen LogP contribution in [-0.2, 0) is 27.2 Å². The molecular formula is C28H32N4O5. The molecule has 3 aliphatic heterocycles. The van der Waals surface area contributed by atoms with Crippen molar-refractivity contribution in [3.63, 3.8) is 0 Å². The smallest absolute Gasteiger partial charge is 0.407 e. The second-order valence-corrected chi connectivity index (χ2v) is 10.3. The van der Waals surface area contributed by atoms with Gasteiger partial charge in [0.05, 0.1) is 19.3 Å². The Bertz CT molecular complexity index is 1350. The van der Waals surface area contributed by atoms with Gasteiger partial charge < -0.3 is 24.5 Å². The van der Waals surface area contributed by atoms with Crippen LogP contribution in [0.5, 0.6) is 0 Å². The lowest BCUT2D eigenvalue weighted by atomic mass is 9.86. The van der Waals surface area contributed by atoms with Gasteiger partial charge >= 0.3 is 6.09 Å². The molecule has 0 aliphatic carbocycles. The Kier molecular flexibility index (Phi) is 6.34. The van der Waals surface area contributed by atoms with Crippen LogP contribution in [0.1, 0.15) is 41.1 Å². The van der Waals surface area contributed by atoms with Crippen molar-refractivity contribution in [2.45, 2.75) is 38.8 Å². The number of nitrogens with zero attached hydrogens (tertiary/aromatic N) is 3. The minimum atomic E-state index is -0.954. The van der Waals surface area contributed by atoms with Gasteiger partial charge in [-0.25, -0.2) is 9.78 Å². The normalized spacial score (nSPS) is 20.7. The molecule has 2 amide bonds. The molecule has 0 spiro atoms. The Morgan fingerprint density at radius 2 is 1.92 bits per heavy atom. The Hall–Kier alpha value is -3.43. The summed E-state index contributed by atoms with van der Waals surface area (Å²) in [5.41, 5.74) is 7.09. The molecule has 2 aromatic heterocycles. The first-order valence-corrected chi connectivity index (χ1v) is 13.0. The van der Waals surface area contributed by atoms with Gasteiger partial charge in [0, 0.05) is 62.1 Å². The third-order valence-electron chi connectivity index (χ3n) is 8.06. The fraction of sp³-hybridized carbons (Fsp3) is 0.464. The van der Waals surface area contributed by atoms with Crippen molar-refractivity contribution in [1.82, 2.24) is 19.8 Å². The summed E-state index contributed by atoms with van der Waals surface area (Å²) >= 11 is 0. The Labute approximate surface area is 215 Å². The van der Waals surface area contributed by atoms with Gasteiger partial charge in [-0.2, -0.15) is 0 Å². The molecule has 9 nitrogen and oxygen atoms in total. The fourth-order valence-corrected chi connectivity index (χ4v) is 5.94. The number of pyridine rings is 1. The third kappa shape index (κ3) is 4.46. The molecule has 1 atom stereocenters. The predicted molar refractivity (Wildman–Crippen MR) is 137 cm³/mol. The zero-order chi connectivity index (χ0) is 25.5. The third-order valence-corrected chi connectivity index (χ3v) is 8.06. The summed E-state index contributed by atoms with van der Waals surface area (Å²) in [7, 11) is 0. The average molecular weight is 505 g/mol. The Morgan fingerprint density at radius 1 is 1.08 bits per heavy atom. The van der Waals surface area contributed by atoms with Crippen LogP contribution in [0, 0.1) is 12.8 Å². The molecule has 0 bridgehead atoms. The lowest BCUT2D eigenvalue weighted by Crippen LogP contribution is -2.45. The maximum atomic E-state index is 13.4. The molecule has 1 aromatic carbocycles. The van der Waals surface area contributed by atoms with Crippen LogP contribution in [-0.4, -0.2) is 76.4 Å². The topological polar surface area (TPSA) is 108 Å². The molecule has 2 fully saturated rings. The molecule has 3 aliphatic rings. The summed E-state index contributed by atoms with van der Waals surface area (Å²) in [5, 5.41) is 11.0. The Balaban J connectivity index is 1.42. The van der Waals surface area contributed by atoms with Crippen molar-refractivity contribution >= 4 is 23.0 Å². The summed E-state index contributed by atoms with van der Waals surface area (Å²) in [6.45, 7) is 5.44. The standard InChI is InChI=1S/C28H32N4O5/c1-17-13-29-26-22(17)12-21(14-30-26)20-10-19-2-5-31(27(33)18-3-7-36-8-4-18)15-24(19)23(11-20)25-16-37-9-6-32(25)28(34)35/h10-14,18,25H,2-9,15-16H2,1H3,(H,29,30)(H,34,35)/t25-/m0/s1. The van der Waals surface area contributed by atoms with Crippen molar-refractivity contribution < 1.29 is 24.2 Å². The van der Waals surface area contributed by atoms with Crippen molar-refractivity contribution in [2.24, 2.45) is 5.92 Å². The summed E-state index contributed by atoms with van der Waals surface area (Å²) in [6, 6.07) is 5.98. The van der Waals surface area contributed by atoms with E-state index in [4.69, 9.17) is 9.47 Å². The molecule has 3 aromatic rings.